The zero-order chi connectivity index (χ0) is 20.7. The Bertz CT molecular complexity index is 619. The van der Waals surface area contributed by atoms with Gasteiger partial charge >= 0.3 is 0 Å². The molecule has 0 atom stereocenters. The quantitative estimate of drug-likeness (QED) is 0.380. The van der Waals surface area contributed by atoms with Crippen molar-refractivity contribution in [1.29, 1.82) is 0 Å². The molecular formula is C21H33N3S3. The maximum Gasteiger partial charge on any atom is 0.0978 e. The van der Waals surface area contributed by atoms with E-state index in [1.165, 1.54) is 15.6 Å². The number of hydrogen-bond acceptors (Lipinski definition) is 6. The van der Waals surface area contributed by atoms with Crippen LogP contribution in [0.15, 0.2) is 34.2 Å². The third kappa shape index (κ3) is 9.08. The largest absolute Gasteiger partial charge is 0.253 e. The van der Waals surface area contributed by atoms with E-state index in [1.807, 2.05) is 28.8 Å². The molecular weight excluding hydrogens is 390 g/mol. The van der Waals surface area contributed by atoms with Crippen LogP contribution >= 0.6 is 34.0 Å². The van der Waals surface area contributed by atoms with E-state index in [1.54, 1.807) is 34.0 Å². The monoisotopic (exact) mass is 423 g/mol. The lowest BCUT2D eigenvalue weighted by Crippen LogP contribution is -2.10. The molecule has 3 aromatic rings. The Kier molecular flexibility index (Phi) is 8.77. The van der Waals surface area contributed by atoms with Crippen LogP contribution in [0.4, 0.5) is 0 Å². The van der Waals surface area contributed by atoms with Crippen LogP contribution in [0, 0.1) is 0 Å². The van der Waals surface area contributed by atoms with Crippen molar-refractivity contribution in [1.82, 2.24) is 15.0 Å². The average Bonchev–Trinajstić information content (AvgIpc) is 3.28. The highest BCUT2D eigenvalue weighted by Crippen LogP contribution is 2.25. The van der Waals surface area contributed by atoms with E-state index in [4.69, 9.17) is 0 Å². The molecule has 0 aliphatic rings. The van der Waals surface area contributed by atoms with Gasteiger partial charge in [0.1, 0.15) is 0 Å². The second-order valence-electron chi connectivity index (χ2n) is 9.33. The van der Waals surface area contributed by atoms with Crippen molar-refractivity contribution >= 4 is 34.0 Å². The van der Waals surface area contributed by atoms with Crippen LogP contribution in [0.1, 0.15) is 77.9 Å². The molecule has 0 saturated carbocycles. The fraction of sp³-hybridized carbons (Fsp3) is 0.571. The van der Waals surface area contributed by atoms with Gasteiger partial charge in [0.05, 0.1) is 21.7 Å². The summed E-state index contributed by atoms with van der Waals surface area (Å²) in [6.07, 6.45) is 3.79. The predicted molar refractivity (Wildman–Crippen MR) is 122 cm³/mol. The van der Waals surface area contributed by atoms with Gasteiger partial charge in [-0.25, -0.2) is 9.97 Å². The maximum absolute atomic E-state index is 4.21. The van der Waals surface area contributed by atoms with Crippen molar-refractivity contribution < 1.29 is 0 Å². The molecule has 3 aromatic heterocycles. The van der Waals surface area contributed by atoms with Gasteiger partial charge < -0.3 is 0 Å². The number of nitrogens with zero attached hydrogens (tertiary/aromatic N) is 3. The van der Waals surface area contributed by atoms with Crippen LogP contribution in [-0.2, 0) is 16.2 Å². The lowest BCUT2D eigenvalue weighted by molar-refractivity contribution is 0.573. The number of hydrogen-bond donors (Lipinski definition) is 0. The minimum Gasteiger partial charge on any atom is -0.253 e. The minimum absolute atomic E-state index is 0.222. The minimum atomic E-state index is 0.222. The fourth-order valence-corrected chi connectivity index (χ4v) is 3.98. The van der Waals surface area contributed by atoms with Gasteiger partial charge in [0.15, 0.2) is 0 Å². The van der Waals surface area contributed by atoms with E-state index in [0.29, 0.717) is 0 Å². The van der Waals surface area contributed by atoms with Gasteiger partial charge in [-0.3, -0.25) is 4.98 Å². The highest BCUT2D eigenvalue weighted by Gasteiger charge is 2.16. The molecule has 3 nitrogen and oxygen atoms in total. The Balaban J connectivity index is 0.000000202. The fourth-order valence-electron chi connectivity index (χ4n) is 1.76. The molecule has 3 rings (SSSR count). The molecule has 0 amide bonds. The van der Waals surface area contributed by atoms with Gasteiger partial charge in [-0.05, 0) is 5.41 Å². The van der Waals surface area contributed by atoms with Crippen LogP contribution in [-0.4, -0.2) is 15.0 Å². The summed E-state index contributed by atoms with van der Waals surface area (Å²) in [6, 6.07) is 0. The van der Waals surface area contributed by atoms with Crippen LogP contribution in [0.2, 0.25) is 0 Å². The lowest BCUT2D eigenvalue weighted by atomic mass is 9.93. The van der Waals surface area contributed by atoms with E-state index < -0.39 is 0 Å². The van der Waals surface area contributed by atoms with Crippen molar-refractivity contribution in [3.63, 3.8) is 0 Å². The van der Waals surface area contributed by atoms with Gasteiger partial charge in [-0.1, -0.05) is 62.3 Å². The molecule has 27 heavy (non-hydrogen) atoms. The Hall–Kier alpha value is -1.11. The first-order chi connectivity index (χ1) is 12.3. The lowest BCUT2D eigenvalue weighted by Gasteiger charge is -2.13. The molecule has 0 spiro atoms. The van der Waals surface area contributed by atoms with E-state index in [9.17, 15) is 0 Å². The van der Waals surface area contributed by atoms with E-state index in [-0.39, 0.29) is 16.2 Å². The number of aromatic nitrogens is 3. The van der Waals surface area contributed by atoms with Gasteiger partial charge in [0.2, 0.25) is 0 Å². The summed E-state index contributed by atoms with van der Waals surface area (Å²) >= 11 is 5.09. The van der Waals surface area contributed by atoms with Gasteiger partial charge in [0.25, 0.3) is 0 Å². The first kappa shape index (κ1) is 23.9. The normalized spacial score (nSPS) is 11.9. The predicted octanol–water partition coefficient (Wildman–Crippen LogP) is 7.32. The Morgan fingerprint density at radius 3 is 1.63 bits per heavy atom. The summed E-state index contributed by atoms with van der Waals surface area (Å²) in [7, 11) is 0. The molecule has 150 valence electrons. The zero-order valence-electron chi connectivity index (χ0n) is 18.0. The summed E-state index contributed by atoms with van der Waals surface area (Å²) in [4.78, 5) is 13.8. The third-order valence-corrected chi connectivity index (χ3v) is 6.43. The SMILES string of the molecule is CC(C)(C)c1cncs1.CC(C)(C)c1cscn1.CC(C)(C)c1nccs1. The van der Waals surface area contributed by atoms with E-state index in [0.717, 1.165) is 0 Å². The van der Waals surface area contributed by atoms with E-state index in [2.05, 4.69) is 82.6 Å². The number of rotatable bonds is 0. The Morgan fingerprint density at radius 2 is 1.41 bits per heavy atom. The second-order valence-corrected chi connectivity index (χ2v) is 11.8. The molecule has 0 radical (unpaired) electrons. The van der Waals surface area contributed by atoms with Crippen molar-refractivity contribution in [2.45, 2.75) is 78.6 Å². The highest BCUT2D eigenvalue weighted by molar-refractivity contribution is 7.10. The summed E-state index contributed by atoms with van der Waals surface area (Å²) < 4.78 is 0. The number of thiazole rings is 3. The first-order valence-electron chi connectivity index (χ1n) is 8.99. The molecule has 6 heteroatoms. The van der Waals surface area contributed by atoms with Crippen molar-refractivity contribution in [2.75, 3.05) is 0 Å². The molecule has 0 aliphatic heterocycles. The van der Waals surface area contributed by atoms with Crippen molar-refractivity contribution in [3.05, 3.63) is 49.8 Å². The maximum atomic E-state index is 4.21. The Labute approximate surface area is 177 Å². The summed E-state index contributed by atoms with van der Waals surface area (Å²) in [5.74, 6) is 0. The van der Waals surface area contributed by atoms with Crippen molar-refractivity contribution in [3.8, 4) is 0 Å². The van der Waals surface area contributed by atoms with Crippen LogP contribution < -0.4 is 0 Å². The molecule has 0 N–H and O–H groups in total. The molecule has 0 aromatic carbocycles. The Morgan fingerprint density at radius 1 is 0.741 bits per heavy atom. The molecule has 0 unspecified atom stereocenters. The molecule has 0 fully saturated rings. The summed E-state index contributed by atoms with van der Waals surface area (Å²) in [6.45, 7) is 19.6. The van der Waals surface area contributed by atoms with Crippen molar-refractivity contribution in [2.24, 2.45) is 0 Å². The molecule has 3 heterocycles. The topological polar surface area (TPSA) is 38.7 Å². The standard InChI is InChI=1S/3C7H11NS/c1-7(2,3)6-4-9-5-8-6;1-7(2,3)6-4-8-5-9-6;1-7(2,3)6-8-4-5-9-6/h3*4-5H,1-3H3. The van der Waals surface area contributed by atoms with Gasteiger partial charge in [-0.15, -0.1) is 34.0 Å². The van der Waals surface area contributed by atoms with E-state index >= 15 is 0 Å². The van der Waals surface area contributed by atoms with Crippen LogP contribution in [0.25, 0.3) is 0 Å². The van der Waals surface area contributed by atoms with Crippen LogP contribution in [0.3, 0.4) is 0 Å². The summed E-state index contributed by atoms with van der Waals surface area (Å²) in [5.41, 5.74) is 5.67. The molecule has 0 bridgehead atoms. The smallest absolute Gasteiger partial charge is 0.0978 e. The van der Waals surface area contributed by atoms with Crippen LogP contribution in [0.5, 0.6) is 0 Å². The highest BCUT2D eigenvalue weighted by atomic mass is 32.1. The average molecular weight is 424 g/mol. The second kappa shape index (κ2) is 9.89. The van der Waals surface area contributed by atoms with Gasteiger partial charge in [-0.2, -0.15) is 0 Å². The first-order valence-corrected chi connectivity index (χ1v) is 11.7. The van der Waals surface area contributed by atoms with Gasteiger partial charge in [0, 0.05) is 38.9 Å². The third-order valence-electron chi connectivity index (χ3n) is 3.45. The molecule has 0 saturated heterocycles. The summed E-state index contributed by atoms with van der Waals surface area (Å²) in [5, 5.41) is 5.32. The molecule has 0 aliphatic carbocycles. The zero-order valence-corrected chi connectivity index (χ0v) is 20.5.